The molecule has 0 aromatic heterocycles. The maximum atomic E-state index is 8.82. The van der Waals surface area contributed by atoms with Crippen LogP contribution < -0.4 is 10.2 Å². The molecule has 0 aliphatic heterocycles. The highest BCUT2D eigenvalue weighted by atomic mass is 15.1. The summed E-state index contributed by atoms with van der Waals surface area (Å²) in [6.45, 7) is 3.25. The van der Waals surface area contributed by atoms with Crippen LogP contribution in [0.25, 0.3) is 0 Å². The SMILES string of the molecule is CCNC1CCC(N(C)c2ccc(C#N)cc2)CC1. The smallest absolute Gasteiger partial charge is 0.0991 e. The summed E-state index contributed by atoms with van der Waals surface area (Å²) >= 11 is 0. The number of hydrogen-bond acceptors (Lipinski definition) is 3. The monoisotopic (exact) mass is 257 g/mol. The van der Waals surface area contributed by atoms with E-state index in [2.05, 4.69) is 42.4 Å². The second kappa shape index (κ2) is 6.58. The highest BCUT2D eigenvalue weighted by molar-refractivity contribution is 5.49. The fourth-order valence-electron chi connectivity index (χ4n) is 2.94. The third-order valence-corrected chi connectivity index (χ3v) is 4.14. The molecule has 1 aliphatic rings. The summed E-state index contributed by atoms with van der Waals surface area (Å²) in [5.74, 6) is 0. The van der Waals surface area contributed by atoms with E-state index in [-0.39, 0.29) is 0 Å². The van der Waals surface area contributed by atoms with Crippen molar-refractivity contribution in [3.05, 3.63) is 29.8 Å². The van der Waals surface area contributed by atoms with Gasteiger partial charge in [0.15, 0.2) is 0 Å². The van der Waals surface area contributed by atoms with Gasteiger partial charge in [-0.15, -0.1) is 0 Å². The van der Waals surface area contributed by atoms with Crippen LogP contribution in [0.1, 0.15) is 38.2 Å². The molecular weight excluding hydrogens is 234 g/mol. The van der Waals surface area contributed by atoms with Crippen LogP contribution >= 0.6 is 0 Å². The van der Waals surface area contributed by atoms with Gasteiger partial charge in [-0.3, -0.25) is 0 Å². The molecule has 0 radical (unpaired) electrons. The van der Waals surface area contributed by atoms with E-state index < -0.39 is 0 Å². The molecule has 0 bridgehead atoms. The molecule has 0 atom stereocenters. The molecule has 3 nitrogen and oxygen atoms in total. The Kier molecular flexibility index (Phi) is 4.81. The molecule has 102 valence electrons. The summed E-state index contributed by atoms with van der Waals surface area (Å²) in [5, 5.41) is 12.4. The minimum Gasteiger partial charge on any atom is -0.372 e. The minimum absolute atomic E-state index is 0.628. The molecule has 1 saturated carbocycles. The van der Waals surface area contributed by atoms with Crippen LogP contribution in [-0.4, -0.2) is 25.7 Å². The van der Waals surface area contributed by atoms with Crippen LogP contribution in [0.3, 0.4) is 0 Å². The second-order valence-corrected chi connectivity index (χ2v) is 5.33. The average molecular weight is 257 g/mol. The van der Waals surface area contributed by atoms with Gasteiger partial charge < -0.3 is 10.2 Å². The third kappa shape index (κ3) is 3.48. The lowest BCUT2D eigenvalue weighted by molar-refractivity contribution is 0.341. The van der Waals surface area contributed by atoms with Crippen molar-refractivity contribution in [3.63, 3.8) is 0 Å². The Morgan fingerprint density at radius 1 is 1.21 bits per heavy atom. The maximum absolute atomic E-state index is 8.82. The van der Waals surface area contributed by atoms with Crippen molar-refractivity contribution in [2.24, 2.45) is 0 Å². The molecule has 1 aromatic rings. The van der Waals surface area contributed by atoms with Crippen LogP contribution in [0.4, 0.5) is 5.69 Å². The predicted molar refractivity (Wildman–Crippen MR) is 79.3 cm³/mol. The van der Waals surface area contributed by atoms with Gasteiger partial charge in [-0.05, 0) is 56.5 Å². The Hall–Kier alpha value is -1.53. The van der Waals surface area contributed by atoms with E-state index in [1.54, 1.807) is 0 Å². The molecule has 3 heteroatoms. The second-order valence-electron chi connectivity index (χ2n) is 5.33. The molecule has 0 heterocycles. The van der Waals surface area contributed by atoms with Crippen molar-refractivity contribution in [2.45, 2.75) is 44.7 Å². The number of nitriles is 1. The highest BCUT2D eigenvalue weighted by Gasteiger charge is 2.23. The molecule has 19 heavy (non-hydrogen) atoms. The fraction of sp³-hybridized carbons (Fsp3) is 0.562. The van der Waals surface area contributed by atoms with Crippen LogP contribution in [0.2, 0.25) is 0 Å². The van der Waals surface area contributed by atoms with Crippen molar-refractivity contribution in [1.29, 1.82) is 5.26 Å². The van der Waals surface area contributed by atoms with E-state index >= 15 is 0 Å². The van der Waals surface area contributed by atoms with E-state index in [1.165, 1.54) is 31.4 Å². The first-order valence-electron chi connectivity index (χ1n) is 7.21. The zero-order valence-corrected chi connectivity index (χ0v) is 11.9. The lowest BCUT2D eigenvalue weighted by Crippen LogP contribution is -2.40. The highest BCUT2D eigenvalue weighted by Crippen LogP contribution is 2.26. The average Bonchev–Trinajstić information content (AvgIpc) is 2.48. The summed E-state index contributed by atoms with van der Waals surface area (Å²) < 4.78 is 0. The summed E-state index contributed by atoms with van der Waals surface area (Å²) in [7, 11) is 2.17. The van der Waals surface area contributed by atoms with Crippen molar-refractivity contribution in [3.8, 4) is 6.07 Å². The number of anilines is 1. The third-order valence-electron chi connectivity index (χ3n) is 4.14. The standard InChI is InChI=1S/C16H23N3/c1-3-18-14-6-10-16(11-7-14)19(2)15-8-4-13(12-17)5-9-15/h4-5,8-9,14,16,18H,3,6-7,10-11H2,1-2H3. The van der Waals surface area contributed by atoms with Crippen LogP contribution in [0.15, 0.2) is 24.3 Å². The normalized spacial score (nSPS) is 22.8. The van der Waals surface area contributed by atoms with Gasteiger partial charge in [0.2, 0.25) is 0 Å². The van der Waals surface area contributed by atoms with Crippen LogP contribution in [-0.2, 0) is 0 Å². The molecule has 1 aromatic carbocycles. The van der Waals surface area contributed by atoms with Gasteiger partial charge in [-0.25, -0.2) is 0 Å². The van der Waals surface area contributed by atoms with E-state index in [0.29, 0.717) is 12.1 Å². The van der Waals surface area contributed by atoms with Crippen molar-refractivity contribution >= 4 is 5.69 Å². The van der Waals surface area contributed by atoms with Crippen molar-refractivity contribution < 1.29 is 0 Å². The van der Waals surface area contributed by atoms with Crippen LogP contribution in [0, 0.1) is 11.3 Å². The Labute approximate surface area is 116 Å². The molecule has 1 fully saturated rings. The number of hydrogen-bond donors (Lipinski definition) is 1. The molecule has 2 rings (SSSR count). The molecule has 1 aliphatic carbocycles. The first kappa shape index (κ1) is 13.9. The molecular formula is C16H23N3. The Morgan fingerprint density at radius 2 is 1.84 bits per heavy atom. The number of rotatable bonds is 4. The van der Waals surface area contributed by atoms with Crippen LogP contribution in [0.5, 0.6) is 0 Å². The topological polar surface area (TPSA) is 39.1 Å². The lowest BCUT2D eigenvalue weighted by Gasteiger charge is -2.36. The summed E-state index contributed by atoms with van der Waals surface area (Å²) in [6.07, 6.45) is 5.01. The van der Waals surface area contributed by atoms with Gasteiger partial charge in [-0.2, -0.15) is 5.26 Å². The Bertz CT molecular complexity index is 424. The zero-order chi connectivity index (χ0) is 13.7. The van der Waals surface area contributed by atoms with Gasteiger partial charge in [0, 0.05) is 24.8 Å². The first-order valence-corrected chi connectivity index (χ1v) is 7.21. The minimum atomic E-state index is 0.628. The zero-order valence-electron chi connectivity index (χ0n) is 11.9. The first-order chi connectivity index (χ1) is 9.24. The van der Waals surface area contributed by atoms with Crippen molar-refractivity contribution in [1.82, 2.24) is 5.32 Å². The Balaban J connectivity index is 1.93. The number of nitrogens with zero attached hydrogens (tertiary/aromatic N) is 2. The van der Waals surface area contributed by atoms with Gasteiger partial charge in [0.1, 0.15) is 0 Å². The van der Waals surface area contributed by atoms with E-state index in [1.807, 2.05) is 12.1 Å². The summed E-state index contributed by atoms with van der Waals surface area (Å²) in [4.78, 5) is 2.36. The lowest BCUT2D eigenvalue weighted by atomic mass is 9.90. The van der Waals surface area contributed by atoms with Gasteiger partial charge in [-0.1, -0.05) is 6.92 Å². The summed E-state index contributed by atoms with van der Waals surface area (Å²) in [5.41, 5.74) is 1.94. The largest absolute Gasteiger partial charge is 0.372 e. The molecule has 0 unspecified atom stereocenters. The van der Waals surface area contributed by atoms with Gasteiger partial charge in [0.25, 0.3) is 0 Å². The van der Waals surface area contributed by atoms with E-state index in [9.17, 15) is 0 Å². The fourth-order valence-corrected chi connectivity index (χ4v) is 2.94. The molecule has 0 amide bonds. The quantitative estimate of drug-likeness (QED) is 0.901. The number of benzene rings is 1. The molecule has 1 N–H and O–H groups in total. The van der Waals surface area contributed by atoms with Gasteiger partial charge in [0.05, 0.1) is 11.6 Å². The van der Waals surface area contributed by atoms with Crippen molar-refractivity contribution in [2.75, 3.05) is 18.5 Å². The summed E-state index contributed by atoms with van der Waals surface area (Å²) in [6, 6.07) is 11.4. The maximum Gasteiger partial charge on any atom is 0.0991 e. The van der Waals surface area contributed by atoms with E-state index in [4.69, 9.17) is 5.26 Å². The number of nitrogens with one attached hydrogen (secondary N) is 1. The van der Waals surface area contributed by atoms with Gasteiger partial charge >= 0.3 is 0 Å². The Morgan fingerprint density at radius 3 is 2.37 bits per heavy atom. The molecule has 0 spiro atoms. The predicted octanol–water partition coefficient (Wildman–Crippen LogP) is 2.92. The molecule has 0 saturated heterocycles. The van der Waals surface area contributed by atoms with E-state index in [0.717, 1.165) is 12.1 Å².